The van der Waals surface area contributed by atoms with Crippen molar-refractivity contribution in [3.8, 4) is 0 Å². The highest BCUT2D eigenvalue weighted by atomic mass is 35.5. The Morgan fingerprint density at radius 1 is 1.06 bits per heavy atom. The summed E-state index contributed by atoms with van der Waals surface area (Å²) in [6.45, 7) is 6.21. The van der Waals surface area contributed by atoms with Crippen LogP contribution in [0.15, 0.2) is 60.7 Å². The first-order valence-electron chi connectivity index (χ1n) is 12.0. The number of hydrogen-bond donors (Lipinski definition) is 1. The molecule has 0 saturated carbocycles. The van der Waals surface area contributed by atoms with E-state index in [0.717, 1.165) is 28.1 Å². The van der Waals surface area contributed by atoms with Gasteiger partial charge in [-0.2, -0.15) is 5.10 Å². The van der Waals surface area contributed by atoms with Crippen LogP contribution < -0.4 is 5.32 Å². The van der Waals surface area contributed by atoms with Crippen LogP contribution in [0.1, 0.15) is 40.9 Å². The van der Waals surface area contributed by atoms with Gasteiger partial charge in [0.25, 0.3) is 0 Å². The molecule has 0 spiro atoms. The molecule has 1 aliphatic rings. The van der Waals surface area contributed by atoms with Crippen LogP contribution in [0.5, 0.6) is 0 Å². The standard InChI is InChI=1S/C28H31ClN4O2/c1-20-25(21(2)33(31-20)19-24-10-6-7-11-26(24)29)12-13-27(34)32-16-14-23(15-17-32)28(35)30-18-22-8-4-3-5-9-22/h3-13,23H,14-19H2,1-2H3,(H,30,35)/b13-12+. The molecule has 2 heterocycles. The maximum absolute atomic E-state index is 12.8. The number of nitrogens with zero attached hydrogens (tertiary/aromatic N) is 3. The highest BCUT2D eigenvalue weighted by Crippen LogP contribution is 2.21. The summed E-state index contributed by atoms with van der Waals surface area (Å²) in [7, 11) is 0. The lowest BCUT2D eigenvalue weighted by Crippen LogP contribution is -2.42. The van der Waals surface area contributed by atoms with E-state index >= 15 is 0 Å². The summed E-state index contributed by atoms with van der Waals surface area (Å²) in [4.78, 5) is 27.2. The Morgan fingerprint density at radius 2 is 1.74 bits per heavy atom. The predicted octanol–water partition coefficient (Wildman–Crippen LogP) is 4.77. The maximum atomic E-state index is 12.8. The Kier molecular flexibility index (Phi) is 8.03. The van der Waals surface area contributed by atoms with Crippen LogP contribution in [0, 0.1) is 19.8 Å². The molecule has 2 aromatic carbocycles. The topological polar surface area (TPSA) is 67.2 Å². The summed E-state index contributed by atoms with van der Waals surface area (Å²) in [5.41, 5.74) is 4.88. The van der Waals surface area contributed by atoms with Crippen molar-refractivity contribution in [2.75, 3.05) is 13.1 Å². The van der Waals surface area contributed by atoms with E-state index in [2.05, 4.69) is 10.4 Å². The summed E-state index contributed by atoms with van der Waals surface area (Å²) < 4.78 is 1.92. The van der Waals surface area contributed by atoms with Gasteiger partial charge in [0.1, 0.15) is 0 Å². The molecule has 3 aromatic rings. The summed E-state index contributed by atoms with van der Waals surface area (Å²) in [5.74, 6) is -0.0289. The summed E-state index contributed by atoms with van der Waals surface area (Å²) in [6.07, 6.45) is 4.82. The molecule has 4 rings (SSSR count). The maximum Gasteiger partial charge on any atom is 0.246 e. The van der Waals surface area contributed by atoms with Crippen LogP contribution in [0.25, 0.3) is 6.08 Å². The number of carbonyl (C=O) groups excluding carboxylic acids is 2. The van der Waals surface area contributed by atoms with Crippen LogP contribution in [0.3, 0.4) is 0 Å². The normalized spacial score (nSPS) is 14.4. The van der Waals surface area contributed by atoms with Crippen molar-refractivity contribution < 1.29 is 9.59 Å². The number of carbonyl (C=O) groups is 2. The molecule has 1 N–H and O–H groups in total. The minimum Gasteiger partial charge on any atom is -0.352 e. The highest BCUT2D eigenvalue weighted by molar-refractivity contribution is 6.31. The zero-order chi connectivity index (χ0) is 24.8. The lowest BCUT2D eigenvalue weighted by Gasteiger charge is -2.30. The number of amides is 2. The van der Waals surface area contributed by atoms with Crippen molar-refractivity contribution in [1.29, 1.82) is 0 Å². The molecule has 1 aromatic heterocycles. The van der Waals surface area contributed by atoms with Gasteiger partial charge in [0.05, 0.1) is 12.2 Å². The molecule has 0 unspecified atom stereocenters. The van der Waals surface area contributed by atoms with Gasteiger partial charge in [-0.25, -0.2) is 0 Å². The Bertz CT molecular complexity index is 1210. The Morgan fingerprint density at radius 3 is 2.46 bits per heavy atom. The van der Waals surface area contributed by atoms with E-state index in [0.29, 0.717) is 44.0 Å². The van der Waals surface area contributed by atoms with Gasteiger partial charge >= 0.3 is 0 Å². The van der Waals surface area contributed by atoms with Crippen molar-refractivity contribution in [1.82, 2.24) is 20.0 Å². The zero-order valence-corrected chi connectivity index (χ0v) is 21.0. The van der Waals surface area contributed by atoms with Gasteiger partial charge in [-0.05, 0) is 50.0 Å². The van der Waals surface area contributed by atoms with Crippen LogP contribution >= 0.6 is 11.6 Å². The third-order valence-electron chi connectivity index (χ3n) is 6.59. The van der Waals surface area contributed by atoms with E-state index < -0.39 is 0 Å². The van der Waals surface area contributed by atoms with Gasteiger partial charge in [-0.3, -0.25) is 14.3 Å². The predicted molar refractivity (Wildman–Crippen MR) is 139 cm³/mol. The fourth-order valence-corrected chi connectivity index (χ4v) is 4.64. The molecule has 1 aliphatic heterocycles. The molecule has 7 heteroatoms. The number of hydrogen-bond acceptors (Lipinski definition) is 3. The van der Waals surface area contributed by atoms with Gasteiger partial charge in [0.2, 0.25) is 11.8 Å². The van der Waals surface area contributed by atoms with E-state index in [-0.39, 0.29) is 17.7 Å². The largest absolute Gasteiger partial charge is 0.352 e. The summed E-state index contributed by atoms with van der Waals surface area (Å²) in [6, 6.07) is 17.6. The second-order valence-corrected chi connectivity index (χ2v) is 9.38. The molecule has 2 amide bonds. The molecule has 0 atom stereocenters. The molecule has 6 nitrogen and oxygen atoms in total. The van der Waals surface area contributed by atoms with Crippen molar-refractivity contribution in [2.45, 2.75) is 39.8 Å². The van der Waals surface area contributed by atoms with Crippen LogP contribution in [-0.2, 0) is 22.7 Å². The Hall–Kier alpha value is -3.38. The number of aryl methyl sites for hydroxylation is 1. The zero-order valence-electron chi connectivity index (χ0n) is 20.2. The minimum atomic E-state index is -0.0562. The lowest BCUT2D eigenvalue weighted by atomic mass is 9.95. The first kappa shape index (κ1) is 24.7. The molecular weight excluding hydrogens is 460 g/mol. The fraction of sp³-hybridized carbons (Fsp3) is 0.321. The van der Waals surface area contributed by atoms with Gasteiger partial charge in [-0.1, -0.05) is 60.1 Å². The quantitative estimate of drug-likeness (QED) is 0.485. The molecular formula is C28H31ClN4O2. The number of nitrogens with one attached hydrogen (secondary N) is 1. The molecule has 0 aliphatic carbocycles. The average Bonchev–Trinajstić information content (AvgIpc) is 3.15. The monoisotopic (exact) mass is 490 g/mol. The smallest absolute Gasteiger partial charge is 0.246 e. The summed E-state index contributed by atoms with van der Waals surface area (Å²) in [5, 5.41) is 8.38. The first-order chi connectivity index (χ1) is 16.9. The molecule has 35 heavy (non-hydrogen) atoms. The van der Waals surface area contributed by atoms with Crippen molar-refractivity contribution in [3.05, 3.63) is 93.8 Å². The SMILES string of the molecule is Cc1nn(Cc2ccccc2Cl)c(C)c1/C=C/C(=O)N1CCC(C(=O)NCc2ccccc2)CC1. The van der Waals surface area contributed by atoms with Crippen molar-refractivity contribution in [2.24, 2.45) is 5.92 Å². The fourth-order valence-electron chi connectivity index (χ4n) is 4.45. The first-order valence-corrected chi connectivity index (χ1v) is 12.4. The number of aromatic nitrogens is 2. The second-order valence-electron chi connectivity index (χ2n) is 8.97. The van der Waals surface area contributed by atoms with E-state index in [9.17, 15) is 9.59 Å². The van der Waals surface area contributed by atoms with Crippen LogP contribution in [0.4, 0.5) is 0 Å². The second kappa shape index (κ2) is 11.4. The number of piperidine rings is 1. The van der Waals surface area contributed by atoms with Crippen LogP contribution in [-0.4, -0.2) is 39.6 Å². The molecule has 0 bridgehead atoms. The van der Waals surface area contributed by atoms with E-state index in [1.165, 1.54) is 0 Å². The van der Waals surface area contributed by atoms with Crippen molar-refractivity contribution in [3.63, 3.8) is 0 Å². The average molecular weight is 491 g/mol. The molecule has 1 fully saturated rings. The lowest BCUT2D eigenvalue weighted by molar-refractivity contribution is -0.132. The summed E-state index contributed by atoms with van der Waals surface area (Å²) >= 11 is 6.31. The van der Waals surface area contributed by atoms with Gasteiger partial charge in [0, 0.05) is 47.9 Å². The van der Waals surface area contributed by atoms with E-state index in [1.807, 2.05) is 84.1 Å². The highest BCUT2D eigenvalue weighted by Gasteiger charge is 2.26. The Balaban J connectivity index is 1.30. The molecule has 182 valence electrons. The van der Waals surface area contributed by atoms with E-state index in [4.69, 9.17) is 11.6 Å². The Labute approximate surface area is 211 Å². The number of halogens is 1. The molecule has 1 saturated heterocycles. The van der Waals surface area contributed by atoms with Gasteiger partial charge < -0.3 is 10.2 Å². The number of rotatable bonds is 7. The van der Waals surface area contributed by atoms with Gasteiger partial charge in [0.15, 0.2) is 0 Å². The van der Waals surface area contributed by atoms with E-state index in [1.54, 1.807) is 6.08 Å². The minimum absolute atomic E-state index is 0.0363. The number of likely N-dealkylation sites (tertiary alicyclic amines) is 1. The molecule has 0 radical (unpaired) electrons. The van der Waals surface area contributed by atoms with Crippen LogP contribution in [0.2, 0.25) is 5.02 Å². The third kappa shape index (κ3) is 6.20. The third-order valence-corrected chi connectivity index (χ3v) is 6.96. The van der Waals surface area contributed by atoms with Crippen molar-refractivity contribution >= 4 is 29.5 Å². The number of benzene rings is 2. The van der Waals surface area contributed by atoms with Gasteiger partial charge in [-0.15, -0.1) is 0 Å².